The minimum absolute atomic E-state index is 0.598. The number of anilines is 1. The van der Waals surface area contributed by atoms with Crippen LogP contribution in [0.4, 0.5) is 5.69 Å². The molecule has 1 heterocycles. The Hall–Kier alpha value is -1.02. The molecule has 0 bridgehead atoms. The van der Waals surface area contributed by atoms with Crippen molar-refractivity contribution in [1.29, 1.82) is 0 Å². The molecule has 2 heteroatoms. The van der Waals surface area contributed by atoms with Crippen molar-refractivity contribution in [3.8, 4) is 0 Å². The maximum Gasteiger partial charge on any atom is 0.0412 e. The molecule has 2 atom stereocenters. The summed E-state index contributed by atoms with van der Waals surface area (Å²) in [7, 11) is 0. The molecule has 2 unspecified atom stereocenters. The van der Waals surface area contributed by atoms with Crippen LogP contribution >= 0.6 is 0 Å². The second kappa shape index (κ2) is 4.93. The summed E-state index contributed by atoms with van der Waals surface area (Å²) in [4.78, 5) is 2.61. The topological polar surface area (TPSA) is 15.3 Å². The molecule has 1 saturated heterocycles. The predicted octanol–water partition coefficient (Wildman–Crippen LogP) is 2.75. The number of nitrogens with one attached hydrogen (secondary N) is 1. The third-order valence-electron chi connectivity index (χ3n) is 4.50. The van der Waals surface area contributed by atoms with Crippen LogP contribution in [0.25, 0.3) is 0 Å². The molecule has 0 radical (unpaired) electrons. The van der Waals surface area contributed by atoms with Crippen molar-refractivity contribution >= 4 is 5.69 Å². The van der Waals surface area contributed by atoms with Crippen LogP contribution in [0.1, 0.15) is 37.8 Å². The van der Waals surface area contributed by atoms with Crippen molar-refractivity contribution in [2.45, 2.75) is 51.6 Å². The van der Waals surface area contributed by atoms with E-state index in [1.807, 2.05) is 0 Å². The standard InChI is InChI=1S/C16H24N2/c1-3-15-10-17-12(2)11-18(15)16-8-7-13-5-4-6-14(13)9-16/h7-9,12,15,17H,3-6,10-11H2,1-2H3. The van der Waals surface area contributed by atoms with Gasteiger partial charge in [-0.15, -0.1) is 0 Å². The lowest BCUT2D eigenvalue weighted by Crippen LogP contribution is -2.55. The zero-order valence-electron chi connectivity index (χ0n) is 11.6. The zero-order chi connectivity index (χ0) is 12.5. The van der Waals surface area contributed by atoms with Crippen molar-refractivity contribution in [1.82, 2.24) is 5.32 Å². The van der Waals surface area contributed by atoms with Gasteiger partial charge < -0.3 is 10.2 Å². The average Bonchev–Trinajstić information content (AvgIpc) is 2.85. The second-order valence-electron chi connectivity index (χ2n) is 5.83. The molecular formula is C16H24N2. The lowest BCUT2D eigenvalue weighted by molar-refractivity contribution is 0.402. The Kier molecular flexibility index (Phi) is 3.29. The van der Waals surface area contributed by atoms with E-state index in [1.165, 1.54) is 31.4 Å². The fourth-order valence-corrected chi connectivity index (χ4v) is 3.37. The molecule has 1 aromatic rings. The van der Waals surface area contributed by atoms with E-state index in [2.05, 4.69) is 42.3 Å². The molecule has 98 valence electrons. The summed E-state index contributed by atoms with van der Waals surface area (Å²) >= 11 is 0. The summed E-state index contributed by atoms with van der Waals surface area (Å²) in [5, 5.41) is 3.59. The van der Waals surface area contributed by atoms with Crippen molar-refractivity contribution in [2.24, 2.45) is 0 Å². The highest BCUT2D eigenvalue weighted by Gasteiger charge is 2.25. The van der Waals surface area contributed by atoms with Crippen LogP contribution in [0.2, 0.25) is 0 Å². The number of aryl methyl sites for hydroxylation is 2. The fourth-order valence-electron chi connectivity index (χ4n) is 3.37. The number of benzene rings is 1. The van der Waals surface area contributed by atoms with Crippen LogP contribution in [0.3, 0.4) is 0 Å². The molecule has 2 aliphatic rings. The van der Waals surface area contributed by atoms with E-state index in [4.69, 9.17) is 0 Å². The van der Waals surface area contributed by atoms with Gasteiger partial charge in [-0.1, -0.05) is 13.0 Å². The number of hydrogen-bond acceptors (Lipinski definition) is 2. The molecule has 2 nitrogen and oxygen atoms in total. The van der Waals surface area contributed by atoms with Gasteiger partial charge in [-0.2, -0.15) is 0 Å². The summed E-state index contributed by atoms with van der Waals surface area (Å²) < 4.78 is 0. The van der Waals surface area contributed by atoms with E-state index < -0.39 is 0 Å². The van der Waals surface area contributed by atoms with Crippen LogP contribution in [0.5, 0.6) is 0 Å². The molecule has 18 heavy (non-hydrogen) atoms. The number of fused-ring (bicyclic) bond motifs is 1. The first-order chi connectivity index (χ1) is 8.78. The van der Waals surface area contributed by atoms with Crippen LogP contribution in [0, 0.1) is 0 Å². The number of piperazine rings is 1. The minimum atomic E-state index is 0.598. The maximum atomic E-state index is 3.59. The summed E-state index contributed by atoms with van der Waals surface area (Å²) in [5.41, 5.74) is 4.61. The van der Waals surface area contributed by atoms with E-state index in [0.29, 0.717) is 12.1 Å². The highest BCUT2D eigenvalue weighted by molar-refractivity contribution is 5.53. The van der Waals surface area contributed by atoms with E-state index in [9.17, 15) is 0 Å². The van der Waals surface area contributed by atoms with Crippen LogP contribution in [0.15, 0.2) is 18.2 Å². The molecule has 0 spiro atoms. The molecule has 1 aliphatic carbocycles. The summed E-state index contributed by atoms with van der Waals surface area (Å²) in [6.45, 7) is 6.83. The van der Waals surface area contributed by atoms with Gasteiger partial charge in [0, 0.05) is 30.9 Å². The number of rotatable bonds is 2. The quantitative estimate of drug-likeness (QED) is 0.860. The first kappa shape index (κ1) is 12.0. The Balaban J connectivity index is 1.87. The van der Waals surface area contributed by atoms with Gasteiger partial charge in [0.1, 0.15) is 0 Å². The second-order valence-corrected chi connectivity index (χ2v) is 5.83. The van der Waals surface area contributed by atoms with E-state index in [0.717, 1.165) is 13.1 Å². The summed E-state index contributed by atoms with van der Waals surface area (Å²) in [6, 6.07) is 8.40. The van der Waals surface area contributed by atoms with Crippen molar-refractivity contribution < 1.29 is 0 Å². The van der Waals surface area contributed by atoms with Gasteiger partial charge in [-0.25, -0.2) is 0 Å². The Labute approximate surface area is 110 Å². The lowest BCUT2D eigenvalue weighted by atomic mass is 10.0. The third-order valence-corrected chi connectivity index (χ3v) is 4.50. The number of hydrogen-bond donors (Lipinski definition) is 1. The molecule has 1 fully saturated rings. The van der Waals surface area contributed by atoms with Gasteiger partial charge >= 0.3 is 0 Å². The molecule has 1 N–H and O–H groups in total. The average molecular weight is 244 g/mol. The molecule has 0 aromatic heterocycles. The highest BCUT2D eigenvalue weighted by Crippen LogP contribution is 2.29. The minimum Gasteiger partial charge on any atom is -0.366 e. The SMILES string of the molecule is CCC1CNC(C)CN1c1ccc2c(c1)CCC2. The van der Waals surface area contributed by atoms with E-state index in [-0.39, 0.29) is 0 Å². The van der Waals surface area contributed by atoms with Gasteiger partial charge in [0.25, 0.3) is 0 Å². The first-order valence-corrected chi connectivity index (χ1v) is 7.39. The summed E-state index contributed by atoms with van der Waals surface area (Å²) in [5.74, 6) is 0. The van der Waals surface area contributed by atoms with Gasteiger partial charge in [0.05, 0.1) is 0 Å². The molecule has 0 amide bonds. The van der Waals surface area contributed by atoms with Crippen molar-refractivity contribution in [2.75, 3.05) is 18.0 Å². The van der Waals surface area contributed by atoms with E-state index in [1.54, 1.807) is 11.1 Å². The Bertz CT molecular complexity index is 427. The van der Waals surface area contributed by atoms with Crippen molar-refractivity contribution in [3.05, 3.63) is 29.3 Å². The molecular weight excluding hydrogens is 220 g/mol. The Morgan fingerprint density at radius 2 is 2.11 bits per heavy atom. The van der Waals surface area contributed by atoms with Gasteiger partial charge in [-0.3, -0.25) is 0 Å². The predicted molar refractivity (Wildman–Crippen MR) is 77.4 cm³/mol. The van der Waals surface area contributed by atoms with Crippen molar-refractivity contribution in [3.63, 3.8) is 0 Å². The van der Waals surface area contributed by atoms with Crippen LogP contribution in [-0.4, -0.2) is 25.2 Å². The van der Waals surface area contributed by atoms with Crippen LogP contribution in [-0.2, 0) is 12.8 Å². The summed E-state index contributed by atoms with van der Waals surface area (Å²) in [6.07, 6.45) is 5.12. The third kappa shape index (κ3) is 2.14. The van der Waals surface area contributed by atoms with Gasteiger partial charge in [0.2, 0.25) is 0 Å². The number of nitrogens with zero attached hydrogens (tertiary/aromatic N) is 1. The van der Waals surface area contributed by atoms with Gasteiger partial charge in [0.15, 0.2) is 0 Å². The smallest absolute Gasteiger partial charge is 0.0412 e. The highest BCUT2D eigenvalue weighted by atomic mass is 15.2. The Morgan fingerprint density at radius 1 is 1.28 bits per heavy atom. The normalized spacial score (nSPS) is 27.3. The lowest BCUT2D eigenvalue weighted by Gasteiger charge is -2.41. The maximum absolute atomic E-state index is 3.59. The molecule has 0 saturated carbocycles. The van der Waals surface area contributed by atoms with Gasteiger partial charge in [-0.05, 0) is 55.9 Å². The largest absolute Gasteiger partial charge is 0.366 e. The Morgan fingerprint density at radius 3 is 2.94 bits per heavy atom. The molecule has 3 rings (SSSR count). The zero-order valence-corrected chi connectivity index (χ0v) is 11.6. The monoisotopic (exact) mass is 244 g/mol. The fraction of sp³-hybridized carbons (Fsp3) is 0.625. The molecule has 1 aromatic carbocycles. The van der Waals surface area contributed by atoms with E-state index >= 15 is 0 Å². The molecule has 1 aliphatic heterocycles. The first-order valence-electron chi connectivity index (χ1n) is 7.39. The van der Waals surface area contributed by atoms with Crippen LogP contribution < -0.4 is 10.2 Å².